The van der Waals surface area contributed by atoms with E-state index in [-0.39, 0.29) is 30.1 Å². The van der Waals surface area contributed by atoms with Gasteiger partial charge in [0.05, 0.1) is 15.1 Å². The number of aliphatic hydroxyl groups is 1. The van der Waals surface area contributed by atoms with Gasteiger partial charge < -0.3 is 15.2 Å². The average molecular weight is 327 g/mol. The Morgan fingerprint density at radius 1 is 1.32 bits per heavy atom. The second kappa shape index (κ2) is 7.80. The van der Waals surface area contributed by atoms with Gasteiger partial charge in [-0.2, -0.15) is 0 Å². The molecule has 0 fully saturated rings. The molecule has 1 aromatic rings. The highest BCUT2D eigenvalue weighted by atomic mass is 35.5. The van der Waals surface area contributed by atoms with E-state index in [1.54, 1.807) is 0 Å². The number of benzene rings is 1. The van der Waals surface area contributed by atoms with Crippen molar-refractivity contribution in [2.24, 2.45) is 5.92 Å². The zero-order chi connectivity index (χ0) is 14.4. The van der Waals surface area contributed by atoms with Gasteiger partial charge in [0.25, 0.3) is 5.91 Å². The van der Waals surface area contributed by atoms with Crippen LogP contribution in [-0.4, -0.2) is 30.8 Å². The summed E-state index contributed by atoms with van der Waals surface area (Å²) in [5.74, 6) is -0.0126. The predicted octanol–water partition coefficient (Wildman–Crippen LogP) is 2.77. The van der Waals surface area contributed by atoms with Crippen molar-refractivity contribution in [2.75, 3.05) is 19.8 Å². The lowest BCUT2D eigenvalue weighted by Gasteiger charge is -2.11. The van der Waals surface area contributed by atoms with Crippen LogP contribution in [0.15, 0.2) is 12.1 Å². The number of hydrogen-bond donors (Lipinski definition) is 2. The molecule has 0 aliphatic rings. The van der Waals surface area contributed by atoms with Crippen LogP contribution in [0.1, 0.15) is 6.92 Å². The molecule has 0 saturated carbocycles. The second-order valence-electron chi connectivity index (χ2n) is 4.08. The van der Waals surface area contributed by atoms with Gasteiger partial charge in [-0.3, -0.25) is 4.79 Å². The maximum atomic E-state index is 11.5. The van der Waals surface area contributed by atoms with E-state index in [0.29, 0.717) is 22.3 Å². The third-order valence-corrected chi connectivity index (χ3v) is 3.31. The van der Waals surface area contributed by atoms with Crippen LogP contribution in [0.25, 0.3) is 0 Å². The van der Waals surface area contributed by atoms with E-state index < -0.39 is 0 Å². The summed E-state index contributed by atoms with van der Waals surface area (Å²) >= 11 is 17.5. The minimum absolute atomic E-state index is 0.00230. The number of ether oxygens (including phenoxy) is 1. The Hall–Kier alpha value is -0.680. The smallest absolute Gasteiger partial charge is 0.257 e. The van der Waals surface area contributed by atoms with Gasteiger partial charge in [-0.1, -0.05) is 41.7 Å². The summed E-state index contributed by atoms with van der Waals surface area (Å²) in [6, 6.07) is 2.91. The quantitative estimate of drug-likeness (QED) is 0.790. The number of carbonyl (C=O) groups excluding carboxylic acids is 1. The zero-order valence-corrected chi connectivity index (χ0v) is 12.5. The minimum Gasteiger partial charge on any atom is -0.482 e. The summed E-state index contributed by atoms with van der Waals surface area (Å²) in [5, 5.41) is 12.3. The molecule has 0 heterocycles. The fourth-order valence-electron chi connectivity index (χ4n) is 1.16. The molecule has 0 aliphatic carbocycles. The number of halogens is 3. The third kappa shape index (κ3) is 5.45. The predicted molar refractivity (Wildman–Crippen MR) is 76.2 cm³/mol. The average Bonchev–Trinajstić information content (AvgIpc) is 2.38. The molecular formula is C12H14Cl3NO3. The van der Waals surface area contributed by atoms with E-state index in [9.17, 15) is 4.79 Å². The number of hydrogen-bond acceptors (Lipinski definition) is 3. The lowest BCUT2D eigenvalue weighted by molar-refractivity contribution is -0.123. The van der Waals surface area contributed by atoms with Gasteiger partial charge in [-0.25, -0.2) is 0 Å². The fourth-order valence-corrected chi connectivity index (χ4v) is 1.75. The molecule has 4 nitrogen and oxygen atoms in total. The Balaban J connectivity index is 2.48. The Kier molecular flexibility index (Phi) is 6.72. The highest BCUT2D eigenvalue weighted by molar-refractivity contribution is 6.43. The van der Waals surface area contributed by atoms with Crippen molar-refractivity contribution < 1.29 is 14.6 Å². The summed E-state index contributed by atoms with van der Waals surface area (Å²) in [6.45, 7) is 2.03. The standard InChI is InChI=1S/C12H14Cl3NO3/c1-7(5-17)4-16-12(18)6-19-11-3-9(14)8(13)2-10(11)15/h2-3,7,17H,4-6H2,1H3,(H,16,18). The fraction of sp³-hybridized carbons (Fsp3) is 0.417. The first-order valence-corrected chi connectivity index (χ1v) is 6.72. The zero-order valence-electron chi connectivity index (χ0n) is 10.3. The Morgan fingerprint density at radius 2 is 1.95 bits per heavy atom. The second-order valence-corrected chi connectivity index (χ2v) is 5.30. The van der Waals surface area contributed by atoms with Crippen LogP contribution in [-0.2, 0) is 4.79 Å². The van der Waals surface area contributed by atoms with Crippen molar-refractivity contribution in [1.82, 2.24) is 5.32 Å². The Bertz CT molecular complexity index is 454. The summed E-state index contributed by atoms with van der Waals surface area (Å²) < 4.78 is 5.25. The van der Waals surface area contributed by atoms with E-state index in [2.05, 4.69) is 5.32 Å². The van der Waals surface area contributed by atoms with Crippen molar-refractivity contribution in [3.05, 3.63) is 27.2 Å². The molecule has 1 atom stereocenters. The van der Waals surface area contributed by atoms with Crippen LogP contribution in [0.4, 0.5) is 0 Å². The van der Waals surface area contributed by atoms with Gasteiger partial charge >= 0.3 is 0 Å². The van der Waals surface area contributed by atoms with Crippen molar-refractivity contribution in [2.45, 2.75) is 6.92 Å². The Morgan fingerprint density at radius 3 is 2.58 bits per heavy atom. The largest absolute Gasteiger partial charge is 0.482 e. The van der Waals surface area contributed by atoms with E-state index in [0.717, 1.165) is 0 Å². The molecular weight excluding hydrogens is 312 g/mol. The highest BCUT2D eigenvalue weighted by Crippen LogP contribution is 2.33. The number of aliphatic hydroxyl groups excluding tert-OH is 1. The SMILES string of the molecule is CC(CO)CNC(=O)COc1cc(Cl)c(Cl)cc1Cl. The lowest BCUT2D eigenvalue weighted by atomic mass is 10.2. The molecule has 1 rings (SSSR count). The summed E-state index contributed by atoms with van der Waals surface area (Å²) in [4.78, 5) is 11.5. The molecule has 0 spiro atoms. The summed E-state index contributed by atoms with van der Waals surface area (Å²) in [5.41, 5.74) is 0. The van der Waals surface area contributed by atoms with Crippen LogP contribution in [0.5, 0.6) is 5.75 Å². The molecule has 1 aromatic carbocycles. The number of nitrogens with one attached hydrogen (secondary N) is 1. The monoisotopic (exact) mass is 325 g/mol. The molecule has 0 saturated heterocycles. The van der Waals surface area contributed by atoms with Crippen LogP contribution < -0.4 is 10.1 Å². The van der Waals surface area contributed by atoms with Crippen molar-refractivity contribution >= 4 is 40.7 Å². The first-order valence-electron chi connectivity index (χ1n) is 5.59. The van der Waals surface area contributed by atoms with E-state index in [1.165, 1.54) is 12.1 Å². The Labute approximate surface area is 126 Å². The summed E-state index contributed by atoms with van der Waals surface area (Å²) in [7, 11) is 0. The van der Waals surface area contributed by atoms with Gasteiger partial charge in [-0.15, -0.1) is 0 Å². The van der Waals surface area contributed by atoms with Gasteiger partial charge in [0.15, 0.2) is 6.61 Å². The number of carbonyl (C=O) groups is 1. The lowest BCUT2D eigenvalue weighted by Crippen LogP contribution is -2.33. The van der Waals surface area contributed by atoms with Crippen molar-refractivity contribution in [3.63, 3.8) is 0 Å². The first kappa shape index (κ1) is 16.4. The van der Waals surface area contributed by atoms with Gasteiger partial charge in [0.2, 0.25) is 0 Å². The topological polar surface area (TPSA) is 58.6 Å². The molecule has 0 radical (unpaired) electrons. The van der Waals surface area contributed by atoms with Crippen LogP contribution in [0.2, 0.25) is 15.1 Å². The van der Waals surface area contributed by atoms with Crippen molar-refractivity contribution in [1.29, 1.82) is 0 Å². The molecule has 1 amide bonds. The van der Waals surface area contributed by atoms with E-state index >= 15 is 0 Å². The molecule has 0 aliphatic heterocycles. The molecule has 2 N–H and O–H groups in total. The number of amides is 1. The molecule has 0 bridgehead atoms. The maximum absolute atomic E-state index is 11.5. The molecule has 7 heteroatoms. The van der Waals surface area contributed by atoms with E-state index in [4.69, 9.17) is 44.6 Å². The van der Waals surface area contributed by atoms with Gasteiger partial charge in [0, 0.05) is 19.2 Å². The molecule has 1 unspecified atom stereocenters. The normalized spacial score (nSPS) is 12.1. The molecule has 19 heavy (non-hydrogen) atoms. The first-order chi connectivity index (χ1) is 8.93. The third-order valence-electron chi connectivity index (χ3n) is 2.29. The van der Waals surface area contributed by atoms with E-state index in [1.807, 2.05) is 6.92 Å². The van der Waals surface area contributed by atoms with Crippen LogP contribution in [0, 0.1) is 5.92 Å². The molecule has 0 aromatic heterocycles. The minimum atomic E-state index is -0.303. The molecule has 106 valence electrons. The van der Waals surface area contributed by atoms with Crippen molar-refractivity contribution in [3.8, 4) is 5.75 Å². The van der Waals surface area contributed by atoms with Crippen LogP contribution in [0.3, 0.4) is 0 Å². The number of rotatable bonds is 6. The maximum Gasteiger partial charge on any atom is 0.257 e. The van der Waals surface area contributed by atoms with Gasteiger partial charge in [-0.05, 0) is 12.0 Å². The summed E-state index contributed by atoms with van der Waals surface area (Å²) in [6.07, 6.45) is 0. The van der Waals surface area contributed by atoms with Crippen LogP contribution >= 0.6 is 34.8 Å². The highest BCUT2D eigenvalue weighted by Gasteiger charge is 2.10. The van der Waals surface area contributed by atoms with Gasteiger partial charge in [0.1, 0.15) is 5.75 Å².